The summed E-state index contributed by atoms with van der Waals surface area (Å²) in [7, 11) is 0. The molecule has 0 saturated carbocycles. The molecule has 2 N–H and O–H groups in total. The van der Waals surface area contributed by atoms with Crippen LogP contribution in [0.25, 0.3) is 0 Å². The molecule has 2 atom stereocenters. The van der Waals surface area contributed by atoms with Gasteiger partial charge in [-0.15, -0.1) is 0 Å². The monoisotopic (exact) mass is 409 g/mol. The van der Waals surface area contributed by atoms with Gasteiger partial charge in [0.1, 0.15) is 19.3 Å². The molecule has 3 amide bonds. The van der Waals surface area contributed by atoms with Crippen LogP contribution in [-0.2, 0) is 14.4 Å². The first kappa shape index (κ1) is 19.8. The van der Waals surface area contributed by atoms with Crippen molar-refractivity contribution in [2.45, 2.75) is 19.4 Å². The van der Waals surface area contributed by atoms with Crippen molar-refractivity contribution in [3.63, 3.8) is 0 Å². The summed E-state index contributed by atoms with van der Waals surface area (Å²) in [6.45, 7) is 2.85. The number of hydrogen-bond donors (Lipinski definition) is 2. The van der Waals surface area contributed by atoms with Crippen LogP contribution >= 0.6 is 0 Å². The number of hydrogen-bond acceptors (Lipinski definition) is 5. The molecule has 30 heavy (non-hydrogen) atoms. The number of amides is 3. The molecule has 1 fully saturated rings. The lowest BCUT2D eigenvalue weighted by Crippen LogP contribution is -2.44. The molecular formula is C22H23N3O5. The molecule has 2 aliphatic rings. The molecule has 0 bridgehead atoms. The van der Waals surface area contributed by atoms with Crippen LogP contribution in [0.2, 0.25) is 0 Å². The molecule has 0 aromatic heterocycles. The highest BCUT2D eigenvalue weighted by atomic mass is 16.6. The first-order chi connectivity index (χ1) is 14.5. The normalized spacial score (nSPS) is 18.6. The van der Waals surface area contributed by atoms with Crippen molar-refractivity contribution in [1.82, 2.24) is 5.32 Å². The Balaban J connectivity index is 1.33. The van der Waals surface area contributed by atoms with Crippen molar-refractivity contribution in [1.29, 1.82) is 0 Å². The van der Waals surface area contributed by atoms with Crippen LogP contribution in [0.3, 0.4) is 0 Å². The molecule has 1 saturated heterocycles. The molecule has 0 spiro atoms. The van der Waals surface area contributed by atoms with Gasteiger partial charge in [-0.3, -0.25) is 14.4 Å². The number of fused-ring (bicyclic) bond motifs is 1. The second-order valence-corrected chi connectivity index (χ2v) is 7.32. The molecule has 4 rings (SSSR count). The SMILES string of the molecule is C[C@@H](NC(=O)C1CC(=O)N(c2ccccc2)C1)C(=O)Nc1ccc2c(c1)OCCO2. The van der Waals surface area contributed by atoms with Crippen molar-refractivity contribution in [2.75, 3.05) is 30.0 Å². The molecule has 2 aromatic carbocycles. The van der Waals surface area contributed by atoms with Crippen LogP contribution in [0.5, 0.6) is 11.5 Å². The van der Waals surface area contributed by atoms with E-state index in [1.165, 1.54) is 0 Å². The number of nitrogens with one attached hydrogen (secondary N) is 2. The van der Waals surface area contributed by atoms with E-state index in [-0.39, 0.29) is 24.1 Å². The zero-order valence-corrected chi connectivity index (χ0v) is 16.6. The first-order valence-electron chi connectivity index (χ1n) is 9.87. The largest absolute Gasteiger partial charge is 0.486 e. The van der Waals surface area contributed by atoms with Crippen LogP contribution in [0.4, 0.5) is 11.4 Å². The third-order valence-corrected chi connectivity index (χ3v) is 5.13. The number of benzene rings is 2. The lowest BCUT2D eigenvalue weighted by molar-refractivity contribution is -0.129. The van der Waals surface area contributed by atoms with E-state index < -0.39 is 12.0 Å². The molecule has 2 aliphatic heterocycles. The number of carbonyl (C=O) groups excluding carboxylic acids is 3. The van der Waals surface area contributed by atoms with Crippen LogP contribution in [-0.4, -0.2) is 43.5 Å². The average molecular weight is 409 g/mol. The van der Waals surface area contributed by atoms with Gasteiger partial charge < -0.3 is 25.0 Å². The highest BCUT2D eigenvalue weighted by molar-refractivity contribution is 6.02. The Morgan fingerprint density at radius 3 is 2.57 bits per heavy atom. The Labute approximate surface area is 174 Å². The van der Waals surface area contributed by atoms with E-state index in [9.17, 15) is 14.4 Å². The zero-order chi connectivity index (χ0) is 21.1. The second kappa shape index (κ2) is 8.44. The van der Waals surface area contributed by atoms with Gasteiger partial charge in [-0.05, 0) is 31.2 Å². The van der Waals surface area contributed by atoms with Crippen LogP contribution in [0.1, 0.15) is 13.3 Å². The molecule has 1 unspecified atom stereocenters. The molecule has 8 nitrogen and oxygen atoms in total. The minimum atomic E-state index is -0.758. The summed E-state index contributed by atoms with van der Waals surface area (Å²) in [5.41, 5.74) is 1.32. The Kier molecular flexibility index (Phi) is 5.56. The number of carbonyl (C=O) groups is 3. The Morgan fingerprint density at radius 1 is 1.07 bits per heavy atom. The van der Waals surface area contributed by atoms with E-state index in [1.54, 1.807) is 30.0 Å². The molecular weight excluding hydrogens is 386 g/mol. The average Bonchev–Trinajstić information content (AvgIpc) is 3.16. The zero-order valence-electron chi connectivity index (χ0n) is 16.6. The predicted molar refractivity (Wildman–Crippen MR) is 111 cm³/mol. The summed E-state index contributed by atoms with van der Waals surface area (Å²) in [6.07, 6.45) is 0.122. The maximum atomic E-state index is 12.6. The van der Waals surface area contributed by atoms with Gasteiger partial charge in [0.25, 0.3) is 0 Å². The molecule has 0 radical (unpaired) electrons. The van der Waals surface area contributed by atoms with E-state index in [2.05, 4.69) is 10.6 Å². The fraction of sp³-hybridized carbons (Fsp3) is 0.318. The lowest BCUT2D eigenvalue weighted by Gasteiger charge is -2.20. The van der Waals surface area contributed by atoms with Crippen LogP contribution < -0.4 is 25.0 Å². The van der Waals surface area contributed by atoms with Gasteiger partial charge in [0.15, 0.2) is 11.5 Å². The van der Waals surface area contributed by atoms with Gasteiger partial charge in [-0.25, -0.2) is 0 Å². The van der Waals surface area contributed by atoms with Crippen molar-refractivity contribution in [3.8, 4) is 11.5 Å². The van der Waals surface area contributed by atoms with Crippen molar-refractivity contribution < 1.29 is 23.9 Å². The van der Waals surface area contributed by atoms with E-state index in [0.717, 1.165) is 5.69 Å². The van der Waals surface area contributed by atoms with Crippen LogP contribution in [0, 0.1) is 5.92 Å². The lowest BCUT2D eigenvalue weighted by atomic mass is 10.1. The van der Waals surface area contributed by atoms with Gasteiger partial charge in [0.2, 0.25) is 17.7 Å². The second-order valence-electron chi connectivity index (χ2n) is 7.32. The van der Waals surface area contributed by atoms with E-state index in [1.807, 2.05) is 30.3 Å². The Hall–Kier alpha value is -3.55. The van der Waals surface area contributed by atoms with Crippen molar-refractivity contribution >= 4 is 29.1 Å². The summed E-state index contributed by atoms with van der Waals surface area (Å²) < 4.78 is 11.0. The van der Waals surface area contributed by atoms with Gasteiger partial charge in [-0.2, -0.15) is 0 Å². The van der Waals surface area contributed by atoms with E-state index in [0.29, 0.717) is 36.9 Å². The fourth-order valence-electron chi connectivity index (χ4n) is 3.51. The fourth-order valence-corrected chi connectivity index (χ4v) is 3.51. The van der Waals surface area contributed by atoms with E-state index in [4.69, 9.17) is 9.47 Å². The summed E-state index contributed by atoms with van der Waals surface area (Å²) in [6, 6.07) is 13.6. The van der Waals surface area contributed by atoms with Crippen molar-refractivity contribution in [3.05, 3.63) is 48.5 Å². The van der Waals surface area contributed by atoms with Gasteiger partial charge in [-0.1, -0.05) is 18.2 Å². The molecule has 2 heterocycles. The maximum Gasteiger partial charge on any atom is 0.246 e. The van der Waals surface area contributed by atoms with Crippen molar-refractivity contribution in [2.24, 2.45) is 5.92 Å². The topological polar surface area (TPSA) is 97.0 Å². The standard InChI is InChI=1S/C22H23N3O5/c1-14(21(27)24-16-7-8-18-19(12-16)30-10-9-29-18)23-22(28)15-11-20(26)25(13-15)17-5-3-2-4-6-17/h2-8,12,14-15H,9-11,13H2,1H3,(H,23,28)(H,24,27)/t14-,15?/m1/s1. The highest BCUT2D eigenvalue weighted by Crippen LogP contribution is 2.32. The molecule has 8 heteroatoms. The number of nitrogens with zero attached hydrogens (tertiary/aromatic N) is 1. The first-order valence-corrected chi connectivity index (χ1v) is 9.87. The summed E-state index contributed by atoms with van der Waals surface area (Å²) in [5, 5.41) is 5.48. The van der Waals surface area contributed by atoms with Crippen LogP contribution in [0.15, 0.2) is 48.5 Å². The quantitative estimate of drug-likeness (QED) is 0.787. The highest BCUT2D eigenvalue weighted by Gasteiger charge is 2.36. The Bertz CT molecular complexity index is 963. The smallest absolute Gasteiger partial charge is 0.246 e. The summed E-state index contributed by atoms with van der Waals surface area (Å²) >= 11 is 0. The Morgan fingerprint density at radius 2 is 1.80 bits per heavy atom. The predicted octanol–water partition coefficient (Wildman–Crippen LogP) is 1.95. The number of para-hydroxylation sites is 1. The van der Waals surface area contributed by atoms with Gasteiger partial charge in [0.05, 0.1) is 5.92 Å². The maximum absolute atomic E-state index is 12.6. The summed E-state index contributed by atoms with van der Waals surface area (Å²) in [5.74, 6) is -0.0662. The molecule has 156 valence electrons. The van der Waals surface area contributed by atoms with Gasteiger partial charge in [0, 0.05) is 30.4 Å². The number of anilines is 2. The minimum Gasteiger partial charge on any atom is -0.486 e. The number of ether oxygens (including phenoxy) is 2. The minimum absolute atomic E-state index is 0.102. The third-order valence-electron chi connectivity index (χ3n) is 5.13. The number of rotatable bonds is 5. The molecule has 0 aliphatic carbocycles. The van der Waals surface area contributed by atoms with E-state index >= 15 is 0 Å². The molecule has 2 aromatic rings. The third kappa shape index (κ3) is 4.22. The summed E-state index contributed by atoms with van der Waals surface area (Å²) in [4.78, 5) is 39.0. The van der Waals surface area contributed by atoms with Gasteiger partial charge >= 0.3 is 0 Å².